The maximum absolute atomic E-state index is 13.2. The first-order valence-electron chi connectivity index (χ1n) is 6.37. The predicted molar refractivity (Wildman–Crippen MR) is 71.2 cm³/mol. The second kappa shape index (κ2) is 5.86. The van der Waals surface area contributed by atoms with Gasteiger partial charge in [-0.3, -0.25) is 19.7 Å². The molecule has 2 amide bonds. The number of benzene rings is 1. The number of rotatable bonds is 5. The van der Waals surface area contributed by atoms with E-state index in [0.29, 0.717) is 0 Å². The number of carbonyl (C=O) groups excluding carboxylic acids is 2. The van der Waals surface area contributed by atoms with Crippen LogP contribution in [-0.4, -0.2) is 41.3 Å². The Morgan fingerprint density at radius 3 is 2.71 bits per heavy atom. The Morgan fingerprint density at radius 2 is 2.14 bits per heavy atom. The zero-order valence-electron chi connectivity index (χ0n) is 11.3. The van der Waals surface area contributed by atoms with E-state index in [-0.39, 0.29) is 24.1 Å². The molecule has 1 aromatic rings. The summed E-state index contributed by atoms with van der Waals surface area (Å²) in [5, 5.41) is 13.6. The average Bonchev–Trinajstić information content (AvgIpc) is 3.20. The third-order valence-corrected chi connectivity index (χ3v) is 3.06. The monoisotopic (exact) mass is 295 g/mol. The topological polar surface area (TPSA) is 92.6 Å². The second-order valence-corrected chi connectivity index (χ2v) is 4.92. The van der Waals surface area contributed by atoms with Crippen LogP contribution in [0.1, 0.15) is 23.2 Å². The fraction of sp³-hybridized carbons (Fsp3) is 0.385. The summed E-state index contributed by atoms with van der Waals surface area (Å²) in [6.07, 6.45) is 1.83. The van der Waals surface area contributed by atoms with Gasteiger partial charge < -0.3 is 10.2 Å². The molecule has 0 atom stereocenters. The van der Waals surface area contributed by atoms with E-state index in [4.69, 9.17) is 0 Å². The Balaban J connectivity index is 2.12. The summed E-state index contributed by atoms with van der Waals surface area (Å²) in [5.74, 6) is -1.86. The van der Waals surface area contributed by atoms with E-state index in [2.05, 4.69) is 5.32 Å². The number of nitrogens with zero attached hydrogens (tertiary/aromatic N) is 2. The zero-order chi connectivity index (χ0) is 15.6. The lowest BCUT2D eigenvalue weighted by Crippen LogP contribution is -2.39. The molecule has 0 radical (unpaired) electrons. The molecule has 0 heterocycles. The molecule has 7 nitrogen and oxygen atoms in total. The van der Waals surface area contributed by atoms with Crippen LogP contribution in [0.2, 0.25) is 0 Å². The molecule has 0 spiro atoms. The number of carbonyl (C=O) groups is 2. The summed E-state index contributed by atoms with van der Waals surface area (Å²) in [4.78, 5) is 34.9. The summed E-state index contributed by atoms with van der Waals surface area (Å²) < 4.78 is 13.2. The van der Waals surface area contributed by atoms with Crippen LogP contribution in [0.5, 0.6) is 0 Å². The lowest BCUT2D eigenvalue weighted by atomic mass is 10.1. The van der Waals surface area contributed by atoms with Crippen molar-refractivity contribution in [2.75, 3.05) is 13.6 Å². The molecule has 0 saturated heterocycles. The summed E-state index contributed by atoms with van der Waals surface area (Å²) >= 11 is 0. The SMILES string of the molecule is CN(CC(=O)NC1CC1)C(=O)c1cc(F)ccc1[N+](=O)[O-]. The Hall–Kier alpha value is -2.51. The van der Waals surface area contributed by atoms with Gasteiger partial charge in [-0.05, 0) is 25.0 Å². The predicted octanol–water partition coefficient (Wildman–Crippen LogP) is 1.08. The Kier molecular flexibility index (Phi) is 4.15. The molecule has 21 heavy (non-hydrogen) atoms. The number of nitrogens with one attached hydrogen (secondary N) is 1. The molecular weight excluding hydrogens is 281 g/mol. The van der Waals surface area contributed by atoms with E-state index < -0.39 is 22.3 Å². The average molecular weight is 295 g/mol. The van der Waals surface area contributed by atoms with Crippen molar-refractivity contribution in [2.45, 2.75) is 18.9 Å². The summed E-state index contributed by atoms with van der Waals surface area (Å²) in [7, 11) is 1.34. The van der Waals surface area contributed by atoms with Crippen LogP contribution in [-0.2, 0) is 4.79 Å². The maximum Gasteiger partial charge on any atom is 0.282 e. The van der Waals surface area contributed by atoms with Crippen LogP contribution >= 0.6 is 0 Å². The minimum atomic E-state index is -0.771. The third kappa shape index (κ3) is 3.74. The zero-order valence-corrected chi connectivity index (χ0v) is 11.3. The fourth-order valence-corrected chi connectivity index (χ4v) is 1.83. The van der Waals surface area contributed by atoms with Crippen molar-refractivity contribution in [1.82, 2.24) is 10.2 Å². The molecule has 112 valence electrons. The van der Waals surface area contributed by atoms with E-state index >= 15 is 0 Å². The van der Waals surface area contributed by atoms with Gasteiger partial charge in [0.15, 0.2) is 0 Å². The number of nitro groups is 1. The number of likely N-dealkylation sites (N-methyl/N-ethyl adjacent to an activating group) is 1. The number of halogens is 1. The van der Waals surface area contributed by atoms with Crippen molar-refractivity contribution in [2.24, 2.45) is 0 Å². The lowest BCUT2D eigenvalue weighted by Gasteiger charge is -2.16. The number of hydrogen-bond donors (Lipinski definition) is 1. The second-order valence-electron chi connectivity index (χ2n) is 4.92. The van der Waals surface area contributed by atoms with E-state index in [1.54, 1.807) is 0 Å². The third-order valence-electron chi connectivity index (χ3n) is 3.06. The van der Waals surface area contributed by atoms with Gasteiger partial charge >= 0.3 is 0 Å². The number of nitro benzene ring substituents is 1. The van der Waals surface area contributed by atoms with Crippen molar-refractivity contribution >= 4 is 17.5 Å². The molecule has 0 aliphatic heterocycles. The highest BCUT2D eigenvalue weighted by atomic mass is 19.1. The molecular formula is C13H14FN3O4. The van der Waals surface area contributed by atoms with Gasteiger partial charge in [-0.25, -0.2) is 4.39 Å². The maximum atomic E-state index is 13.2. The van der Waals surface area contributed by atoms with Crippen molar-refractivity contribution < 1.29 is 18.9 Å². The number of hydrogen-bond acceptors (Lipinski definition) is 4. The minimum absolute atomic E-state index is 0.157. The molecule has 0 aromatic heterocycles. The molecule has 1 aromatic carbocycles. The number of amides is 2. The van der Waals surface area contributed by atoms with Gasteiger partial charge in [-0.1, -0.05) is 0 Å². The highest BCUT2D eigenvalue weighted by Crippen LogP contribution is 2.21. The van der Waals surface area contributed by atoms with E-state index in [0.717, 1.165) is 35.9 Å². The van der Waals surface area contributed by atoms with Gasteiger partial charge in [0.2, 0.25) is 5.91 Å². The van der Waals surface area contributed by atoms with Crippen molar-refractivity contribution in [3.05, 3.63) is 39.7 Å². The van der Waals surface area contributed by atoms with E-state index in [1.165, 1.54) is 7.05 Å². The van der Waals surface area contributed by atoms with Crippen LogP contribution < -0.4 is 5.32 Å². The molecule has 1 aliphatic carbocycles. The van der Waals surface area contributed by atoms with Crippen LogP contribution in [0.3, 0.4) is 0 Å². The van der Waals surface area contributed by atoms with Crippen LogP contribution in [0.15, 0.2) is 18.2 Å². The molecule has 1 saturated carbocycles. The van der Waals surface area contributed by atoms with E-state index in [9.17, 15) is 24.1 Å². The molecule has 0 unspecified atom stereocenters. The lowest BCUT2D eigenvalue weighted by molar-refractivity contribution is -0.385. The molecule has 2 rings (SSSR count). The normalized spacial score (nSPS) is 13.6. The molecule has 0 bridgehead atoms. The summed E-state index contributed by atoms with van der Waals surface area (Å²) in [5.41, 5.74) is -0.863. The van der Waals surface area contributed by atoms with Gasteiger partial charge in [0, 0.05) is 19.2 Å². The van der Waals surface area contributed by atoms with Gasteiger partial charge in [0.25, 0.3) is 11.6 Å². The highest BCUT2D eigenvalue weighted by molar-refractivity contribution is 5.99. The van der Waals surface area contributed by atoms with Crippen molar-refractivity contribution in [3.63, 3.8) is 0 Å². The first-order chi connectivity index (χ1) is 9.88. The van der Waals surface area contributed by atoms with Crippen LogP contribution in [0.25, 0.3) is 0 Å². The molecule has 1 N–H and O–H groups in total. The van der Waals surface area contributed by atoms with Crippen LogP contribution in [0, 0.1) is 15.9 Å². The molecule has 1 aliphatic rings. The van der Waals surface area contributed by atoms with E-state index in [1.807, 2.05) is 0 Å². The van der Waals surface area contributed by atoms with Gasteiger partial charge in [-0.15, -0.1) is 0 Å². The summed E-state index contributed by atoms with van der Waals surface area (Å²) in [6, 6.07) is 2.80. The van der Waals surface area contributed by atoms with Crippen molar-refractivity contribution in [3.8, 4) is 0 Å². The Labute approximate surface area is 119 Å². The standard InChI is InChI=1S/C13H14FN3O4/c1-16(7-12(18)15-9-3-4-9)13(19)10-6-8(14)2-5-11(10)17(20)21/h2,5-6,9H,3-4,7H2,1H3,(H,15,18). The van der Waals surface area contributed by atoms with Gasteiger partial charge in [-0.2, -0.15) is 0 Å². The van der Waals surface area contributed by atoms with Gasteiger partial charge in [0.1, 0.15) is 11.4 Å². The first-order valence-corrected chi connectivity index (χ1v) is 6.37. The fourth-order valence-electron chi connectivity index (χ4n) is 1.83. The highest BCUT2D eigenvalue weighted by Gasteiger charge is 2.27. The Morgan fingerprint density at radius 1 is 1.48 bits per heavy atom. The molecule has 1 fully saturated rings. The molecule has 8 heteroatoms. The summed E-state index contributed by atoms with van der Waals surface area (Å²) in [6.45, 7) is -0.233. The quantitative estimate of drug-likeness (QED) is 0.650. The van der Waals surface area contributed by atoms with Gasteiger partial charge in [0.05, 0.1) is 11.5 Å². The largest absolute Gasteiger partial charge is 0.352 e. The Bertz CT molecular complexity index is 601. The van der Waals surface area contributed by atoms with Crippen molar-refractivity contribution in [1.29, 1.82) is 0 Å². The first kappa shape index (κ1) is 14.9. The van der Waals surface area contributed by atoms with Crippen LogP contribution in [0.4, 0.5) is 10.1 Å². The smallest absolute Gasteiger partial charge is 0.282 e. The minimum Gasteiger partial charge on any atom is -0.352 e.